The van der Waals surface area contributed by atoms with E-state index in [1.165, 1.54) is 11.3 Å². The van der Waals surface area contributed by atoms with Crippen molar-refractivity contribution in [3.8, 4) is 0 Å². The lowest BCUT2D eigenvalue weighted by molar-refractivity contribution is 0.944. The molecule has 1 saturated carbocycles. The van der Waals surface area contributed by atoms with E-state index in [0.717, 1.165) is 23.4 Å². The Morgan fingerprint density at radius 2 is 2.07 bits per heavy atom. The number of nitrogens with zero attached hydrogens (tertiary/aromatic N) is 3. The van der Waals surface area contributed by atoms with Crippen molar-refractivity contribution in [2.45, 2.75) is 18.8 Å². The Bertz CT molecular complexity index is 505. The van der Waals surface area contributed by atoms with Gasteiger partial charge >= 0.3 is 0 Å². The molecule has 1 fully saturated rings. The first-order chi connectivity index (χ1) is 6.74. The lowest BCUT2D eigenvalue weighted by Gasteiger charge is -1.96. The predicted octanol–water partition coefficient (Wildman–Crippen LogP) is 2.20. The maximum Gasteiger partial charge on any atom is 0.182 e. The van der Waals surface area contributed by atoms with Gasteiger partial charge in [-0.25, -0.2) is 15.0 Å². The van der Waals surface area contributed by atoms with Gasteiger partial charge in [0.2, 0.25) is 0 Å². The van der Waals surface area contributed by atoms with Gasteiger partial charge in [0.05, 0.1) is 0 Å². The Labute approximate surface area is 89.1 Å². The van der Waals surface area contributed by atoms with Crippen LogP contribution >= 0.6 is 22.9 Å². The van der Waals surface area contributed by atoms with Crippen LogP contribution in [0.2, 0.25) is 5.15 Å². The lowest BCUT2D eigenvalue weighted by Crippen LogP contribution is -1.93. The molecule has 1 aliphatic carbocycles. The quantitative estimate of drug-likeness (QED) is 0.758. The molecule has 2 N–H and O–H groups in total. The fourth-order valence-electron chi connectivity index (χ4n) is 1.35. The molecule has 0 aromatic carbocycles. The molecule has 1 aliphatic rings. The van der Waals surface area contributed by atoms with Gasteiger partial charge in [-0.2, -0.15) is 0 Å². The van der Waals surface area contributed by atoms with Crippen LogP contribution in [0.1, 0.15) is 24.6 Å². The minimum atomic E-state index is 0.478. The third-order valence-electron chi connectivity index (χ3n) is 2.19. The molecule has 72 valence electrons. The van der Waals surface area contributed by atoms with Crippen LogP contribution < -0.4 is 5.73 Å². The molecule has 6 heteroatoms. The maximum absolute atomic E-state index is 6.01. The summed E-state index contributed by atoms with van der Waals surface area (Å²) < 4.78 is 0.786. The highest BCUT2D eigenvalue weighted by atomic mass is 35.5. The molecule has 2 heterocycles. The molecular formula is C8H7ClN4S. The Kier molecular flexibility index (Phi) is 1.66. The maximum atomic E-state index is 6.01. The van der Waals surface area contributed by atoms with Gasteiger partial charge in [0.25, 0.3) is 0 Å². The van der Waals surface area contributed by atoms with Gasteiger partial charge in [0.15, 0.2) is 15.9 Å². The Morgan fingerprint density at radius 1 is 1.29 bits per heavy atom. The van der Waals surface area contributed by atoms with E-state index < -0.39 is 0 Å². The zero-order valence-corrected chi connectivity index (χ0v) is 8.77. The second-order valence-electron chi connectivity index (χ2n) is 3.35. The Morgan fingerprint density at radius 3 is 2.79 bits per heavy atom. The number of nitrogens with two attached hydrogens (primary N) is 1. The van der Waals surface area contributed by atoms with Crippen LogP contribution in [-0.4, -0.2) is 15.0 Å². The normalized spacial score (nSPS) is 16.4. The molecule has 14 heavy (non-hydrogen) atoms. The third kappa shape index (κ3) is 1.24. The van der Waals surface area contributed by atoms with Crippen molar-refractivity contribution in [2.24, 2.45) is 0 Å². The minimum absolute atomic E-state index is 0.478. The van der Waals surface area contributed by atoms with E-state index in [2.05, 4.69) is 15.0 Å². The smallest absolute Gasteiger partial charge is 0.182 e. The number of nitrogen functional groups attached to an aromatic ring is 1. The number of thiazole rings is 1. The number of halogens is 1. The Hall–Kier alpha value is -0.940. The zero-order chi connectivity index (χ0) is 9.71. The minimum Gasteiger partial charge on any atom is -0.375 e. The van der Waals surface area contributed by atoms with E-state index in [1.807, 2.05) is 0 Å². The van der Waals surface area contributed by atoms with E-state index in [-0.39, 0.29) is 0 Å². The fraction of sp³-hybridized carbons (Fsp3) is 0.375. The van der Waals surface area contributed by atoms with Gasteiger partial charge in [-0.3, -0.25) is 0 Å². The van der Waals surface area contributed by atoms with Crippen LogP contribution in [0.3, 0.4) is 0 Å². The standard InChI is InChI=1S/C8H7ClN4S/c9-5-4-7(13-8(10)14-4)12-6(11-5)3-1-2-3/h3H,1-2H2,(H2,10,11,12,13). The van der Waals surface area contributed by atoms with Gasteiger partial charge < -0.3 is 5.73 Å². The molecule has 2 aromatic rings. The molecule has 2 aromatic heterocycles. The third-order valence-corrected chi connectivity index (χ3v) is 3.45. The van der Waals surface area contributed by atoms with Crippen molar-refractivity contribution in [3.63, 3.8) is 0 Å². The molecule has 0 aliphatic heterocycles. The number of hydrogen-bond acceptors (Lipinski definition) is 5. The molecule has 3 rings (SSSR count). The Balaban J connectivity index is 2.26. The highest BCUT2D eigenvalue weighted by Gasteiger charge is 2.28. The van der Waals surface area contributed by atoms with Crippen molar-refractivity contribution in [1.29, 1.82) is 0 Å². The van der Waals surface area contributed by atoms with Gasteiger partial charge in [0.1, 0.15) is 10.5 Å². The number of aromatic nitrogens is 3. The molecule has 0 saturated heterocycles. The monoisotopic (exact) mass is 226 g/mol. The van der Waals surface area contributed by atoms with E-state index in [4.69, 9.17) is 17.3 Å². The first kappa shape index (κ1) is 8.38. The van der Waals surface area contributed by atoms with Crippen LogP contribution in [-0.2, 0) is 0 Å². The zero-order valence-electron chi connectivity index (χ0n) is 7.20. The molecule has 0 unspecified atom stereocenters. The number of anilines is 1. The summed E-state index contributed by atoms with van der Waals surface area (Å²) in [5, 5.41) is 0.968. The summed E-state index contributed by atoms with van der Waals surface area (Å²) in [6.07, 6.45) is 2.31. The average molecular weight is 227 g/mol. The highest BCUT2D eigenvalue weighted by Crippen LogP contribution is 2.40. The lowest BCUT2D eigenvalue weighted by atomic mass is 10.4. The van der Waals surface area contributed by atoms with Crippen LogP contribution in [0.5, 0.6) is 0 Å². The largest absolute Gasteiger partial charge is 0.375 e. The molecule has 0 spiro atoms. The van der Waals surface area contributed by atoms with E-state index >= 15 is 0 Å². The second kappa shape index (κ2) is 2.77. The molecule has 0 radical (unpaired) electrons. The molecular weight excluding hydrogens is 220 g/mol. The highest BCUT2D eigenvalue weighted by molar-refractivity contribution is 7.22. The fourth-order valence-corrected chi connectivity index (χ4v) is 2.29. The van der Waals surface area contributed by atoms with Gasteiger partial charge in [-0.05, 0) is 12.8 Å². The first-order valence-corrected chi connectivity index (χ1v) is 5.53. The summed E-state index contributed by atoms with van der Waals surface area (Å²) in [6.45, 7) is 0. The van der Waals surface area contributed by atoms with Crippen molar-refractivity contribution in [1.82, 2.24) is 15.0 Å². The molecule has 4 nitrogen and oxygen atoms in total. The summed E-state index contributed by atoms with van der Waals surface area (Å²) in [4.78, 5) is 12.7. The van der Waals surface area contributed by atoms with Gasteiger partial charge in [0, 0.05) is 5.92 Å². The molecule has 0 bridgehead atoms. The second-order valence-corrected chi connectivity index (χ2v) is 4.74. The average Bonchev–Trinajstić information content (AvgIpc) is 2.89. The van der Waals surface area contributed by atoms with Crippen molar-refractivity contribution in [3.05, 3.63) is 11.0 Å². The first-order valence-electron chi connectivity index (χ1n) is 4.33. The van der Waals surface area contributed by atoms with Crippen molar-refractivity contribution >= 4 is 38.4 Å². The summed E-state index contributed by atoms with van der Waals surface area (Å²) in [5.41, 5.74) is 6.22. The van der Waals surface area contributed by atoms with E-state index in [1.54, 1.807) is 0 Å². The van der Waals surface area contributed by atoms with E-state index in [9.17, 15) is 0 Å². The van der Waals surface area contributed by atoms with Crippen LogP contribution in [0.15, 0.2) is 0 Å². The van der Waals surface area contributed by atoms with Crippen molar-refractivity contribution < 1.29 is 0 Å². The van der Waals surface area contributed by atoms with Crippen molar-refractivity contribution in [2.75, 3.05) is 5.73 Å². The molecule has 0 atom stereocenters. The van der Waals surface area contributed by atoms with E-state index in [0.29, 0.717) is 21.8 Å². The number of rotatable bonds is 1. The summed E-state index contributed by atoms with van der Waals surface area (Å²) in [5.74, 6) is 1.30. The summed E-state index contributed by atoms with van der Waals surface area (Å²) >= 11 is 7.34. The van der Waals surface area contributed by atoms with Gasteiger partial charge in [-0.1, -0.05) is 22.9 Å². The topological polar surface area (TPSA) is 64.7 Å². The van der Waals surface area contributed by atoms with Gasteiger partial charge in [-0.15, -0.1) is 0 Å². The SMILES string of the molecule is Nc1nc2nc(C3CC3)nc(Cl)c2s1. The van der Waals surface area contributed by atoms with Crippen LogP contribution in [0.4, 0.5) is 5.13 Å². The van der Waals surface area contributed by atoms with Crippen LogP contribution in [0.25, 0.3) is 10.3 Å². The molecule has 0 amide bonds. The summed E-state index contributed by atoms with van der Waals surface area (Å²) in [6, 6.07) is 0. The predicted molar refractivity (Wildman–Crippen MR) is 56.6 cm³/mol. The van der Waals surface area contributed by atoms with Crippen LogP contribution in [0, 0.1) is 0 Å². The number of fused-ring (bicyclic) bond motifs is 1. The summed E-state index contributed by atoms with van der Waals surface area (Å²) in [7, 11) is 0. The number of hydrogen-bond donors (Lipinski definition) is 1.